The van der Waals surface area contributed by atoms with Gasteiger partial charge in [-0.2, -0.15) is 0 Å². The molecule has 0 radical (unpaired) electrons. The molecular formula is C25H20OS. The van der Waals surface area contributed by atoms with Gasteiger partial charge in [0.2, 0.25) is 0 Å². The molecule has 0 bridgehead atoms. The van der Waals surface area contributed by atoms with Crippen molar-refractivity contribution in [3.05, 3.63) is 113 Å². The van der Waals surface area contributed by atoms with Crippen molar-refractivity contribution in [3.63, 3.8) is 0 Å². The lowest BCUT2D eigenvalue weighted by Crippen LogP contribution is -2.06. The second kappa shape index (κ2) is 7.81. The predicted octanol–water partition coefficient (Wildman–Crippen LogP) is 6.38. The molecule has 0 spiro atoms. The highest BCUT2D eigenvalue weighted by molar-refractivity contribution is 7.98. The van der Waals surface area contributed by atoms with Crippen LogP contribution in [0.2, 0.25) is 0 Å². The Kier molecular flexibility index (Phi) is 5.08. The lowest BCUT2D eigenvalue weighted by Gasteiger charge is -2.11. The molecule has 0 aliphatic heterocycles. The van der Waals surface area contributed by atoms with Gasteiger partial charge >= 0.3 is 0 Å². The van der Waals surface area contributed by atoms with Crippen LogP contribution in [0.3, 0.4) is 0 Å². The molecule has 0 N–H and O–H groups in total. The molecule has 0 aromatic heterocycles. The zero-order valence-corrected chi connectivity index (χ0v) is 16.0. The number of carbonyl (C=O) groups excluding carboxylic acids is 1. The molecule has 1 nitrogen and oxygen atoms in total. The monoisotopic (exact) mass is 368 g/mol. The van der Waals surface area contributed by atoms with Gasteiger partial charge in [0.25, 0.3) is 0 Å². The normalized spacial score (nSPS) is 10.9. The molecule has 4 rings (SSSR count). The van der Waals surface area contributed by atoms with Gasteiger partial charge in [-0.15, -0.1) is 11.8 Å². The van der Waals surface area contributed by atoms with E-state index >= 15 is 0 Å². The first kappa shape index (κ1) is 17.6. The van der Waals surface area contributed by atoms with Gasteiger partial charge in [0.15, 0.2) is 5.78 Å². The molecule has 2 heteroatoms. The minimum Gasteiger partial charge on any atom is -0.289 e. The summed E-state index contributed by atoms with van der Waals surface area (Å²) in [6.45, 7) is 0. The summed E-state index contributed by atoms with van der Waals surface area (Å²) in [7, 11) is 0. The number of hydrogen-bond donors (Lipinski definition) is 0. The third-order valence-corrected chi connectivity index (χ3v) is 5.62. The minimum atomic E-state index is 0.0819. The summed E-state index contributed by atoms with van der Waals surface area (Å²) in [6.07, 6.45) is 2.78. The first-order valence-corrected chi connectivity index (χ1v) is 10.2. The highest BCUT2D eigenvalue weighted by Crippen LogP contribution is 2.24. The molecule has 0 fully saturated rings. The van der Waals surface area contributed by atoms with Gasteiger partial charge < -0.3 is 0 Å². The average Bonchev–Trinajstić information content (AvgIpc) is 2.74. The van der Waals surface area contributed by atoms with Crippen LogP contribution >= 0.6 is 11.8 Å². The van der Waals surface area contributed by atoms with Crippen molar-refractivity contribution in [2.75, 3.05) is 6.26 Å². The summed E-state index contributed by atoms with van der Waals surface area (Å²) in [5.41, 5.74) is 3.82. The molecule has 0 unspecified atom stereocenters. The summed E-state index contributed by atoms with van der Waals surface area (Å²) >= 11 is 1.68. The number of fused-ring (bicyclic) bond motifs is 1. The number of rotatable bonds is 5. The summed E-state index contributed by atoms with van der Waals surface area (Å²) in [5.74, 6) is 0.0819. The lowest BCUT2D eigenvalue weighted by atomic mass is 9.92. The summed E-state index contributed by atoms with van der Waals surface area (Å²) in [5, 5.41) is 2.47. The Morgan fingerprint density at radius 2 is 1.41 bits per heavy atom. The van der Waals surface area contributed by atoms with Crippen molar-refractivity contribution in [1.29, 1.82) is 0 Å². The van der Waals surface area contributed by atoms with E-state index in [1.807, 2.05) is 48.7 Å². The smallest absolute Gasteiger partial charge is 0.193 e. The van der Waals surface area contributed by atoms with Crippen LogP contribution in [-0.2, 0) is 6.42 Å². The largest absolute Gasteiger partial charge is 0.289 e. The predicted molar refractivity (Wildman–Crippen MR) is 115 cm³/mol. The Labute approximate surface area is 164 Å². The fourth-order valence-electron chi connectivity index (χ4n) is 3.45. The molecular weight excluding hydrogens is 348 g/mol. The molecule has 132 valence electrons. The Hall–Kier alpha value is -2.84. The maximum atomic E-state index is 13.1. The Morgan fingerprint density at radius 1 is 0.741 bits per heavy atom. The zero-order valence-electron chi connectivity index (χ0n) is 15.2. The number of thioether (sulfide) groups is 1. The zero-order chi connectivity index (χ0) is 18.6. The van der Waals surface area contributed by atoms with Crippen LogP contribution in [0.1, 0.15) is 27.0 Å². The average molecular weight is 369 g/mol. The minimum absolute atomic E-state index is 0.0819. The highest BCUT2D eigenvalue weighted by Gasteiger charge is 2.14. The van der Waals surface area contributed by atoms with Gasteiger partial charge in [0, 0.05) is 16.0 Å². The second-order valence-electron chi connectivity index (χ2n) is 6.53. The first-order valence-electron chi connectivity index (χ1n) is 8.99. The van der Waals surface area contributed by atoms with Gasteiger partial charge in [0.1, 0.15) is 0 Å². The van der Waals surface area contributed by atoms with E-state index in [9.17, 15) is 4.79 Å². The SMILES string of the molecule is CSc1ccc(C(=O)c2ccccc2Cc2cccc3ccccc23)cc1. The van der Waals surface area contributed by atoms with Gasteiger partial charge in [-0.05, 0) is 58.8 Å². The van der Waals surface area contributed by atoms with E-state index in [0.29, 0.717) is 0 Å². The maximum Gasteiger partial charge on any atom is 0.193 e. The molecule has 27 heavy (non-hydrogen) atoms. The summed E-state index contributed by atoms with van der Waals surface area (Å²) in [4.78, 5) is 14.3. The van der Waals surface area contributed by atoms with Crippen LogP contribution in [0, 0.1) is 0 Å². The second-order valence-corrected chi connectivity index (χ2v) is 7.41. The maximum absolute atomic E-state index is 13.1. The van der Waals surface area contributed by atoms with E-state index in [-0.39, 0.29) is 5.78 Å². The van der Waals surface area contributed by atoms with Crippen LogP contribution < -0.4 is 0 Å². The van der Waals surface area contributed by atoms with Crippen molar-refractivity contribution in [2.24, 2.45) is 0 Å². The van der Waals surface area contributed by atoms with Crippen molar-refractivity contribution in [3.8, 4) is 0 Å². The molecule has 0 amide bonds. The Morgan fingerprint density at radius 3 is 2.22 bits per heavy atom. The molecule has 0 heterocycles. The third kappa shape index (κ3) is 3.67. The molecule has 0 aliphatic carbocycles. The molecule has 0 saturated heterocycles. The van der Waals surface area contributed by atoms with Crippen LogP contribution in [0.15, 0.2) is 95.9 Å². The summed E-state index contributed by atoms with van der Waals surface area (Å²) < 4.78 is 0. The first-order chi connectivity index (χ1) is 13.3. The topological polar surface area (TPSA) is 17.1 Å². The van der Waals surface area contributed by atoms with E-state index in [4.69, 9.17) is 0 Å². The number of hydrogen-bond acceptors (Lipinski definition) is 2. The standard InChI is InChI=1S/C25H20OS/c1-27-22-15-13-19(14-16-22)25(26)24-12-5-3-8-21(24)17-20-10-6-9-18-7-2-4-11-23(18)20/h2-16H,17H2,1H3. The molecule has 0 aliphatic rings. The summed E-state index contributed by atoms with van der Waals surface area (Å²) in [6, 6.07) is 30.6. The fourth-order valence-corrected chi connectivity index (χ4v) is 3.85. The van der Waals surface area contributed by atoms with Gasteiger partial charge in [-0.3, -0.25) is 4.79 Å². The van der Waals surface area contributed by atoms with Crippen molar-refractivity contribution >= 4 is 28.3 Å². The number of carbonyl (C=O) groups is 1. The highest BCUT2D eigenvalue weighted by atomic mass is 32.2. The van der Waals surface area contributed by atoms with Crippen molar-refractivity contribution in [2.45, 2.75) is 11.3 Å². The Bertz CT molecular complexity index is 1090. The van der Waals surface area contributed by atoms with Crippen LogP contribution in [0.25, 0.3) is 10.8 Å². The lowest BCUT2D eigenvalue weighted by molar-refractivity contribution is 0.103. The van der Waals surface area contributed by atoms with Gasteiger partial charge in [0.05, 0.1) is 0 Å². The van der Waals surface area contributed by atoms with Crippen LogP contribution in [0.4, 0.5) is 0 Å². The third-order valence-electron chi connectivity index (χ3n) is 4.88. The van der Waals surface area contributed by atoms with E-state index in [1.54, 1.807) is 11.8 Å². The van der Waals surface area contributed by atoms with Gasteiger partial charge in [-0.25, -0.2) is 0 Å². The van der Waals surface area contributed by atoms with Crippen molar-refractivity contribution < 1.29 is 4.79 Å². The van der Waals surface area contributed by atoms with Crippen molar-refractivity contribution in [1.82, 2.24) is 0 Å². The quantitative estimate of drug-likeness (QED) is 0.300. The Balaban J connectivity index is 1.71. The molecule has 0 atom stereocenters. The molecule has 4 aromatic carbocycles. The van der Waals surface area contributed by atoms with Gasteiger partial charge in [-0.1, -0.05) is 66.7 Å². The number of ketones is 1. The molecule has 4 aromatic rings. The van der Waals surface area contributed by atoms with E-state index < -0.39 is 0 Å². The van der Waals surface area contributed by atoms with Crippen LogP contribution in [0.5, 0.6) is 0 Å². The van der Waals surface area contributed by atoms with E-state index in [0.717, 1.165) is 28.0 Å². The van der Waals surface area contributed by atoms with E-state index in [2.05, 4.69) is 48.5 Å². The fraction of sp³-hybridized carbons (Fsp3) is 0.0800. The van der Waals surface area contributed by atoms with E-state index in [1.165, 1.54) is 16.3 Å². The number of benzene rings is 4. The van der Waals surface area contributed by atoms with Crippen LogP contribution in [-0.4, -0.2) is 12.0 Å². The molecule has 0 saturated carbocycles.